The van der Waals surface area contributed by atoms with Gasteiger partial charge in [-0.1, -0.05) is 90.4 Å². The molecule has 0 heterocycles. The molecule has 4 N–H and O–H groups in total. The molecule has 0 radical (unpaired) electrons. The summed E-state index contributed by atoms with van der Waals surface area (Å²) in [5.41, 5.74) is -2.90. The number of carboxylic acids is 4. The Bertz CT molecular complexity index is 2060. The smallest absolute Gasteiger partial charge is 0.435 e. The lowest BCUT2D eigenvalue weighted by Crippen LogP contribution is -2.56. The fourth-order valence-electron chi connectivity index (χ4n) is 5.38. The van der Waals surface area contributed by atoms with E-state index in [-0.39, 0.29) is 0 Å². The van der Waals surface area contributed by atoms with Gasteiger partial charge in [-0.3, -0.25) is 0 Å². The van der Waals surface area contributed by atoms with E-state index in [1.807, 2.05) is 0 Å². The van der Waals surface area contributed by atoms with Crippen LogP contribution in [0.25, 0.3) is 0 Å². The minimum atomic E-state index is -6.97. The molecule has 0 aliphatic heterocycles. The standard InChI is InChI=1S/C37H32F32I4O16/c38-22(39,30(54,55)86-34(62,63)26(46,47)17(74)75)1-13(70)5-82-9-21(10-83-6-14(71)2-23(40,41)31(56,57)87-35(64,65)27(48,49)18(76)77,11-84-7-15(72)3-24(42,43)32(58,59)88-36(66,67)28(50,51)19(78)79)12-85-8-16(73)4-25(44,45)33(60,61)89-37(68,69)29(52,53)20(80)81/h13-16H,1-12H2,(H,74,75)(H,76,77)(H,78,79)(H,80,81). The Morgan fingerprint density at radius 3 is 0.528 bits per heavy atom. The molecule has 0 rings (SSSR count). The van der Waals surface area contributed by atoms with E-state index in [1.165, 1.54) is 0 Å². The highest BCUT2D eigenvalue weighted by Gasteiger charge is 2.76. The van der Waals surface area contributed by atoms with Crippen molar-refractivity contribution in [2.24, 2.45) is 5.41 Å². The number of hydrogen-bond acceptors (Lipinski definition) is 12. The molecule has 0 aromatic heterocycles. The number of carbonyl (C=O) groups is 4. The topological polar surface area (TPSA) is 223 Å². The molecule has 0 fully saturated rings. The largest absolute Gasteiger partial charge is 0.477 e. The summed E-state index contributed by atoms with van der Waals surface area (Å²) in [7, 11) is 0. The first-order chi connectivity index (χ1) is 39.0. The van der Waals surface area contributed by atoms with Gasteiger partial charge in [-0.25, -0.2) is 38.1 Å². The summed E-state index contributed by atoms with van der Waals surface area (Å²) in [6, 6.07) is 0. The van der Waals surface area contributed by atoms with Gasteiger partial charge in [0.2, 0.25) is 0 Å². The SMILES string of the molecule is O=C(O)C(F)(F)C(F)(F)OC(F)(F)C(F)(F)CC(I)COCC(COCC(I)CC(F)(F)C(F)(F)OC(F)(F)C(F)(F)C(=O)O)(COCC(I)CC(F)(F)C(F)(F)OC(F)(F)C(F)(F)C(=O)O)COCC(I)CC(F)(F)C(F)(F)OC(F)(F)C(F)(F)C(=O)O. The van der Waals surface area contributed by atoms with Crippen LogP contribution in [0.2, 0.25) is 0 Å². The number of alkyl halides is 36. The Morgan fingerprint density at radius 2 is 0.404 bits per heavy atom. The predicted octanol–water partition coefficient (Wildman–Crippen LogP) is 13.0. The molecule has 4 unspecified atom stereocenters. The van der Waals surface area contributed by atoms with Gasteiger partial charge in [-0.2, -0.15) is 140 Å². The number of carboxylic acid groups (broad SMARTS) is 4. The third-order valence-corrected chi connectivity index (χ3v) is 13.2. The first kappa shape index (κ1) is 87.2. The minimum Gasteiger partial charge on any atom is -0.477 e. The molecule has 52 heteroatoms. The normalized spacial score (nSPS) is 17.0. The van der Waals surface area contributed by atoms with Gasteiger partial charge in [0.15, 0.2) is 0 Å². The highest BCUT2D eigenvalue weighted by atomic mass is 127. The Hall–Kier alpha value is -1.76. The Balaban J connectivity index is 7.57. The number of aliphatic carboxylic acids is 4. The van der Waals surface area contributed by atoms with Gasteiger partial charge in [0.05, 0.1) is 58.3 Å². The molecule has 528 valence electrons. The lowest BCUT2D eigenvalue weighted by atomic mass is 9.92. The highest BCUT2D eigenvalue weighted by molar-refractivity contribution is 14.1. The van der Waals surface area contributed by atoms with Gasteiger partial charge >= 0.3 is 120 Å². The van der Waals surface area contributed by atoms with Crippen molar-refractivity contribution >= 4 is 114 Å². The fraction of sp³-hybridized carbons (Fsp3) is 0.892. The molecule has 89 heavy (non-hydrogen) atoms. The molecule has 0 aliphatic carbocycles. The molecule has 4 atom stereocenters. The zero-order valence-corrected chi connectivity index (χ0v) is 50.2. The summed E-state index contributed by atoms with van der Waals surface area (Å²) in [5.74, 6) is -67.0. The summed E-state index contributed by atoms with van der Waals surface area (Å²) < 4.78 is 468. The lowest BCUT2D eigenvalue weighted by molar-refractivity contribution is -0.462. The van der Waals surface area contributed by atoms with E-state index in [4.69, 9.17) is 39.4 Å². The van der Waals surface area contributed by atoms with Crippen LogP contribution in [0.15, 0.2) is 0 Å². The molecule has 0 aliphatic rings. The van der Waals surface area contributed by atoms with Gasteiger partial charge in [0.25, 0.3) is 0 Å². The molecular formula is C37H32F32I4O16. The van der Waals surface area contributed by atoms with E-state index in [9.17, 15) is 160 Å². The molecular weight excluding hydrogens is 1820 g/mol. The summed E-state index contributed by atoms with van der Waals surface area (Å²) in [6.45, 7) is -13.5. The average Bonchev–Trinajstić information content (AvgIpc) is 3.28. The van der Waals surface area contributed by atoms with Gasteiger partial charge in [-0.15, -0.1) is 0 Å². The number of halogens is 36. The van der Waals surface area contributed by atoms with E-state index >= 15 is 0 Å². The quantitative estimate of drug-likeness (QED) is 0.0253. The maximum atomic E-state index is 14.7. The van der Waals surface area contributed by atoms with Gasteiger partial charge in [0, 0.05) is 41.4 Å². The first-order valence-corrected chi connectivity index (χ1v) is 26.7. The van der Waals surface area contributed by atoms with Crippen LogP contribution < -0.4 is 0 Å². The summed E-state index contributed by atoms with van der Waals surface area (Å²) in [5, 5.41) is 32.8. The van der Waals surface area contributed by atoms with E-state index in [2.05, 4.69) is 18.9 Å². The van der Waals surface area contributed by atoms with Gasteiger partial charge < -0.3 is 39.4 Å². The van der Waals surface area contributed by atoms with Crippen LogP contribution in [-0.2, 0) is 57.1 Å². The molecule has 0 saturated carbocycles. The highest BCUT2D eigenvalue weighted by Crippen LogP contribution is 2.52. The summed E-state index contributed by atoms with van der Waals surface area (Å²) >= 11 is 2.54. The second-order valence-electron chi connectivity index (χ2n) is 17.6. The van der Waals surface area contributed by atoms with E-state index < -0.39 is 220 Å². The van der Waals surface area contributed by atoms with Crippen molar-refractivity contribution < 1.29 is 218 Å². The van der Waals surface area contributed by atoms with Crippen molar-refractivity contribution in [3.8, 4) is 0 Å². The van der Waals surface area contributed by atoms with Gasteiger partial charge in [-0.05, 0) is 0 Å². The van der Waals surface area contributed by atoms with E-state index in [0.29, 0.717) is 90.4 Å². The molecule has 0 aromatic carbocycles. The third-order valence-electron chi connectivity index (χ3n) is 10.0. The summed E-state index contributed by atoms with van der Waals surface area (Å²) in [4.78, 5) is 41.8. The lowest BCUT2D eigenvalue weighted by Gasteiger charge is -2.35. The number of rotatable bonds is 44. The Morgan fingerprint density at radius 1 is 0.270 bits per heavy atom. The average molecular weight is 1850 g/mol. The van der Waals surface area contributed by atoms with E-state index in [1.54, 1.807) is 0 Å². The third kappa shape index (κ3) is 22.1. The minimum absolute atomic E-state index is 0.636. The van der Waals surface area contributed by atoms with E-state index in [0.717, 1.165) is 0 Å². The molecule has 0 saturated heterocycles. The summed E-state index contributed by atoms with van der Waals surface area (Å²) in [6.07, 6.45) is -65.7. The maximum absolute atomic E-state index is 14.7. The Kier molecular flexibility index (Phi) is 29.5. The van der Waals surface area contributed by atoms with Crippen LogP contribution in [0.4, 0.5) is 140 Å². The van der Waals surface area contributed by atoms with Crippen LogP contribution in [0.1, 0.15) is 25.7 Å². The van der Waals surface area contributed by atoms with Gasteiger partial charge in [0.1, 0.15) is 0 Å². The molecule has 0 spiro atoms. The maximum Gasteiger partial charge on any atom is 0.435 e. The van der Waals surface area contributed by atoms with Crippen LogP contribution in [0, 0.1) is 5.41 Å². The first-order valence-electron chi connectivity index (χ1n) is 21.7. The zero-order valence-electron chi connectivity index (χ0n) is 41.6. The number of ether oxygens (including phenoxy) is 8. The van der Waals surface area contributed by atoms with Crippen molar-refractivity contribution in [1.29, 1.82) is 0 Å². The van der Waals surface area contributed by atoms with Crippen LogP contribution in [-0.4, -0.2) is 209 Å². The van der Waals surface area contributed by atoms with Crippen LogP contribution in [0.5, 0.6) is 0 Å². The molecule has 0 bridgehead atoms. The molecule has 16 nitrogen and oxygen atoms in total. The molecule has 0 amide bonds. The van der Waals surface area contributed by atoms with Crippen LogP contribution >= 0.6 is 90.4 Å². The van der Waals surface area contributed by atoms with Crippen molar-refractivity contribution in [2.45, 2.75) is 138 Å². The second-order valence-corrected chi connectivity index (χ2v) is 24.7. The van der Waals surface area contributed by atoms with Crippen molar-refractivity contribution in [3.63, 3.8) is 0 Å². The van der Waals surface area contributed by atoms with Crippen molar-refractivity contribution in [2.75, 3.05) is 52.9 Å². The second kappa shape index (κ2) is 30.1. The number of hydrogen-bond donors (Lipinski definition) is 4. The van der Waals surface area contributed by atoms with Crippen molar-refractivity contribution in [3.05, 3.63) is 0 Å². The Labute approximate surface area is 525 Å². The zero-order chi connectivity index (χ0) is 71.3. The fourth-order valence-corrected chi connectivity index (χ4v) is 8.61. The monoisotopic (exact) mass is 1850 g/mol. The molecule has 0 aromatic rings. The van der Waals surface area contributed by atoms with Crippen LogP contribution in [0.3, 0.4) is 0 Å². The predicted molar refractivity (Wildman–Crippen MR) is 249 cm³/mol. The van der Waals surface area contributed by atoms with Crippen molar-refractivity contribution in [1.82, 2.24) is 0 Å².